The van der Waals surface area contributed by atoms with Gasteiger partial charge in [-0.1, -0.05) is 0 Å². The monoisotopic (exact) mass is 409 g/mol. The van der Waals surface area contributed by atoms with Crippen molar-refractivity contribution in [3.05, 3.63) is 26.2 Å². The number of anilines is 1. The molecule has 2 atom stereocenters. The lowest BCUT2D eigenvalue weighted by Gasteiger charge is -2.33. The molecule has 0 aromatic heterocycles. The van der Waals surface area contributed by atoms with Crippen molar-refractivity contribution < 1.29 is 4.74 Å². The van der Waals surface area contributed by atoms with E-state index in [9.17, 15) is 0 Å². The lowest BCUT2D eigenvalue weighted by molar-refractivity contribution is -0.0337. The largest absolute Gasteiger partial charge is 0.381 e. The summed E-state index contributed by atoms with van der Waals surface area (Å²) >= 11 is 5.93. The Morgan fingerprint density at radius 3 is 2.59 bits per heavy atom. The number of ether oxygens (including phenoxy) is 1. The third-order valence-corrected chi connectivity index (χ3v) is 4.35. The van der Waals surface area contributed by atoms with Crippen molar-refractivity contribution in [2.24, 2.45) is 0 Å². The molecule has 1 aliphatic heterocycles. The summed E-state index contributed by atoms with van der Waals surface area (Å²) in [4.78, 5) is 0. The molecule has 0 aliphatic carbocycles. The molecule has 2 nitrogen and oxygen atoms in total. The van der Waals surface area contributed by atoms with Crippen LogP contribution in [0.3, 0.4) is 0 Å². The third kappa shape index (κ3) is 3.83. The third-order valence-electron chi connectivity index (χ3n) is 2.99. The summed E-state index contributed by atoms with van der Waals surface area (Å²) in [6.45, 7) is 4.29. The minimum absolute atomic E-state index is 0.345. The molecule has 0 spiro atoms. The van der Waals surface area contributed by atoms with Crippen LogP contribution in [-0.4, -0.2) is 18.2 Å². The van der Waals surface area contributed by atoms with Gasteiger partial charge in [-0.25, -0.2) is 0 Å². The van der Waals surface area contributed by atoms with Crippen LogP contribution in [0.15, 0.2) is 22.7 Å². The van der Waals surface area contributed by atoms with Gasteiger partial charge in [0.25, 0.3) is 0 Å². The Morgan fingerprint density at radius 2 is 1.94 bits per heavy atom. The lowest BCUT2D eigenvalue weighted by atomic mass is 9.99. The Morgan fingerprint density at radius 1 is 1.29 bits per heavy atom. The van der Waals surface area contributed by atoms with E-state index in [1.165, 1.54) is 9.26 Å². The quantitative estimate of drug-likeness (QED) is 0.730. The predicted octanol–water partition coefficient (Wildman–Crippen LogP) is 4.42. The highest BCUT2D eigenvalue weighted by Crippen LogP contribution is 2.28. The van der Waals surface area contributed by atoms with Crippen molar-refractivity contribution in [2.45, 2.75) is 44.9 Å². The summed E-state index contributed by atoms with van der Waals surface area (Å²) in [6.07, 6.45) is 2.83. The maximum absolute atomic E-state index is 5.75. The van der Waals surface area contributed by atoms with Gasteiger partial charge in [-0.05, 0) is 83.4 Å². The number of hydrogen-bond acceptors (Lipinski definition) is 2. The molecule has 2 unspecified atom stereocenters. The molecule has 1 fully saturated rings. The number of hydrogen-bond donors (Lipinski definition) is 1. The normalized spacial score (nSPS) is 29.1. The van der Waals surface area contributed by atoms with Gasteiger partial charge in [-0.15, -0.1) is 0 Å². The highest BCUT2D eigenvalue weighted by molar-refractivity contribution is 14.1. The summed E-state index contributed by atoms with van der Waals surface area (Å²) in [5, 5.41) is 3.62. The van der Waals surface area contributed by atoms with Crippen LogP contribution in [0.1, 0.15) is 26.7 Å². The molecule has 1 heterocycles. The van der Waals surface area contributed by atoms with E-state index in [-0.39, 0.29) is 0 Å². The average Bonchev–Trinajstić information content (AvgIpc) is 2.22. The number of benzene rings is 1. The number of halogens is 2. The van der Waals surface area contributed by atoms with Gasteiger partial charge in [0.1, 0.15) is 0 Å². The smallest absolute Gasteiger partial charge is 0.0570 e. The summed E-state index contributed by atoms with van der Waals surface area (Å²) < 4.78 is 8.14. The van der Waals surface area contributed by atoms with E-state index in [4.69, 9.17) is 4.74 Å². The SMILES string of the molecule is CC1CC(Nc2cc(I)ccc2Br)CC(C)O1. The van der Waals surface area contributed by atoms with Crippen LogP contribution in [-0.2, 0) is 4.74 Å². The highest BCUT2D eigenvalue weighted by Gasteiger charge is 2.24. The van der Waals surface area contributed by atoms with E-state index in [1.807, 2.05) is 0 Å². The summed E-state index contributed by atoms with van der Waals surface area (Å²) in [5.74, 6) is 0. The molecule has 0 amide bonds. The van der Waals surface area contributed by atoms with Gasteiger partial charge >= 0.3 is 0 Å². The van der Waals surface area contributed by atoms with Crippen molar-refractivity contribution in [3.8, 4) is 0 Å². The highest BCUT2D eigenvalue weighted by atomic mass is 127. The van der Waals surface area contributed by atoms with Gasteiger partial charge in [0, 0.05) is 19.8 Å². The summed E-state index contributed by atoms with van der Waals surface area (Å²) in [7, 11) is 0. The second kappa shape index (κ2) is 5.89. The Balaban J connectivity index is 2.07. The van der Waals surface area contributed by atoms with Gasteiger partial charge in [-0.2, -0.15) is 0 Å². The molecule has 1 aromatic carbocycles. The Hall–Kier alpha value is 0.190. The van der Waals surface area contributed by atoms with Crippen LogP contribution in [0.5, 0.6) is 0 Å². The topological polar surface area (TPSA) is 21.3 Å². The first kappa shape index (κ1) is 13.6. The van der Waals surface area contributed by atoms with Crippen LogP contribution < -0.4 is 5.32 Å². The zero-order valence-corrected chi connectivity index (χ0v) is 13.8. The molecule has 0 saturated carbocycles. The second-order valence-corrected chi connectivity index (χ2v) is 6.79. The standard InChI is InChI=1S/C13H17BrINO/c1-8-5-11(6-9(2)17-8)16-13-7-10(15)3-4-12(13)14/h3-4,7-9,11,16H,5-6H2,1-2H3. The minimum Gasteiger partial charge on any atom is -0.381 e. The minimum atomic E-state index is 0.345. The fraction of sp³-hybridized carbons (Fsp3) is 0.538. The molecular formula is C13H17BrINO. The van der Waals surface area contributed by atoms with Crippen molar-refractivity contribution in [1.29, 1.82) is 0 Å². The van der Waals surface area contributed by atoms with Crippen LogP contribution in [0.25, 0.3) is 0 Å². The van der Waals surface area contributed by atoms with Crippen molar-refractivity contribution in [3.63, 3.8) is 0 Å². The maximum atomic E-state index is 5.75. The first-order valence-corrected chi connectivity index (χ1v) is 7.79. The molecular weight excluding hydrogens is 393 g/mol. The summed E-state index contributed by atoms with van der Waals surface area (Å²) in [5.41, 5.74) is 1.18. The molecule has 1 N–H and O–H groups in total. The van der Waals surface area contributed by atoms with Gasteiger partial charge in [-0.3, -0.25) is 0 Å². The molecule has 94 valence electrons. The Labute approximate surface area is 125 Å². The number of rotatable bonds is 2. The first-order chi connectivity index (χ1) is 8.04. The van der Waals surface area contributed by atoms with Crippen molar-refractivity contribution in [1.82, 2.24) is 0 Å². The van der Waals surface area contributed by atoms with E-state index in [1.54, 1.807) is 0 Å². The van der Waals surface area contributed by atoms with Gasteiger partial charge in [0.2, 0.25) is 0 Å². The average molecular weight is 410 g/mol. The van der Waals surface area contributed by atoms with E-state index >= 15 is 0 Å². The lowest BCUT2D eigenvalue weighted by Crippen LogP contribution is -2.36. The Kier molecular flexibility index (Phi) is 4.72. The molecule has 0 radical (unpaired) electrons. The van der Waals surface area contributed by atoms with Crippen molar-refractivity contribution >= 4 is 44.2 Å². The molecule has 17 heavy (non-hydrogen) atoms. The molecule has 1 saturated heterocycles. The van der Waals surface area contributed by atoms with Crippen LogP contribution in [0.4, 0.5) is 5.69 Å². The van der Waals surface area contributed by atoms with Crippen molar-refractivity contribution in [2.75, 3.05) is 5.32 Å². The zero-order chi connectivity index (χ0) is 12.4. The molecule has 1 aromatic rings. The zero-order valence-electron chi connectivity index (χ0n) is 10.0. The fourth-order valence-corrected chi connectivity index (χ4v) is 3.20. The van der Waals surface area contributed by atoms with E-state index in [0.29, 0.717) is 18.2 Å². The maximum Gasteiger partial charge on any atom is 0.0570 e. The Bertz CT molecular complexity index is 389. The molecule has 4 heteroatoms. The molecule has 1 aliphatic rings. The van der Waals surface area contributed by atoms with Gasteiger partial charge < -0.3 is 10.1 Å². The van der Waals surface area contributed by atoms with E-state index in [0.717, 1.165) is 17.3 Å². The van der Waals surface area contributed by atoms with Gasteiger partial charge in [0.05, 0.1) is 12.2 Å². The predicted molar refractivity (Wildman–Crippen MR) is 83.5 cm³/mol. The number of nitrogens with one attached hydrogen (secondary N) is 1. The first-order valence-electron chi connectivity index (χ1n) is 5.91. The van der Waals surface area contributed by atoms with Crippen LogP contribution in [0, 0.1) is 3.57 Å². The van der Waals surface area contributed by atoms with Crippen LogP contribution in [0.2, 0.25) is 0 Å². The van der Waals surface area contributed by atoms with Crippen LogP contribution >= 0.6 is 38.5 Å². The molecule has 2 rings (SSSR count). The van der Waals surface area contributed by atoms with E-state index in [2.05, 4.69) is 75.9 Å². The molecule has 0 bridgehead atoms. The second-order valence-electron chi connectivity index (χ2n) is 4.69. The van der Waals surface area contributed by atoms with E-state index < -0.39 is 0 Å². The van der Waals surface area contributed by atoms with Gasteiger partial charge in [0.15, 0.2) is 0 Å². The summed E-state index contributed by atoms with van der Waals surface area (Å²) in [6, 6.07) is 6.87. The fourth-order valence-electron chi connectivity index (χ4n) is 2.35.